The van der Waals surface area contributed by atoms with E-state index in [1.54, 1.807) is 0 Å². The summed E-state index contributed by atoms with van der Waals surface area (Å²) in [5.41, 5.74) is 1.16. The summed E-state index contributed by atoms with van der Waals surface area (Å²) in [7, 11) is 0. The zero-order valence-corrected chi connectivity index (χ0v) is 11.9. The lowest BCUT2D eigenvalue weighted by Crippen LogP contribution is -2.42. The highest BCUT2D eigenvalue weighted by Gasteiger charge is 2.26. The van der Waals surface area contributed by atoms with E-state index in [9.17, 15) is 4.79 Å². The van der Waals surface area contributed by atoms with E-state index in [0.717, 1.165) is 42.9 Å². The average Bonchev–Trinajstić information content (AvgIpc) is 2.41. The van der Waals surface area contributed by atoms with Gasteiger partial charge >= 0.3 is 5.97 Å². The minimum atomic E-state index is -0.654. The molecule has 4 heteroatoms. The Morgan fingerprint density at radius 3 is 2.63 bits per heavy atom. The van der Waals surface area contributed by atoms with Crippen molar-refractivity contribution in [3.63, 3.8) is 0 Å². The van der Waals surface area contributed by atoms with Crippen LogP contribution in [0.3, 0.4) is 0 Å². The summed E-state index contributed by atoms with van der Waals surface area (Å²) in [6, 6.07) is 8.32. The first-order chi connectivity index (χ1) is 9.08. The number of aliphatic carboxylic acids is 1. The fourth-order valence-corrected chi connectivity index (χ4v) is 2.91. The highest BCUT2D eigenvalue weighted by atomic mass is 35.5. The van der Waals surface area contributed by atoms with Crippen molar-refractivity contribution in [1.29, 1.82) is 0 Å². The lowest BCUT2D eigenvalue weighted by molar-refractivity contribution is -0.143. The molecule has 0 aromatic heterocycles. The summed E-state index contributed by atoms with van der Waals surface area (Å²) in [6.07, 6.45) is 2.42. The monoisotopic (exact) mass is 281 g/mol. The third kappa shape index (κ3) is 3.71. The van der Waals surface area contributed by atoms with Crippen molar-refractivity contribution in [2.24, 2.45) is 5.92 Å². The van der Waals surface area contributed by atoms with Crippen LogP contribution in [0.4, 0.5) is 0 Å². The third-order valence-electron chi connectivity index (χ3n) is 3.98. The highest BCUT2D eigenvalue weighted by molar-refractivity contribution is 6.31. The van der Waals surface area contributed by atoms with Gasteiger partial charge in [0, 0.05) is 11.1 Å². The minimum Gasteiger partial charge on any atom is -0.481 e. The Morgan fingerprint density at radius 2 is 2.05 bits per heavy atom. The molecular weight excluding hydrogens is 262 g/mol. The van der Waals surface area contributed by atoms with Crippen LogP contribution in [-0.4, -0.2) is 35.1 Å². The molecule has 0 radical (unpaired) electrons. The van der Waals surface area contributed by atoms with Crippen LogP contribution < -0.4 is 0 Å². The number of halogens is 1. The lowest BCUT2D eigenvalue weighted by atomic mass is 9.95. The standard InChI is InChI=1S/C15H20ClNO2/c1-11(10-13-4-2-3-5-14(13)16)17-8-6-12(7-9-17)15(18)19/h2-5,11-12H,6-10H2,1H3,(H,18,19). The van der Waals surface area contributed by atoms with E-state index in [2.05, 4.69) is 17.9 Å². The van der Waals surface area contributed by atoms with E-state index in [0.29, 0.717) is 6.04 Å². The zero-order chi connectivity index (χ0) is 13.8. The highest BCUT2D eigenvalue weighted by Crippen LogP contribution is 2.23. The predicted molar refractivity (Wildman–Crippen MR) is 76.6 cm³/mol. The maximum Gasteiger partial charge on any atom is 0.306 e. The molecule has 1 heterocycles. The van der Waals surface area contributed by atoms with Crippen LogP contribution >= 0.6 is 11.6 Å². The second kappa shape index (κ2) is 6.40. The Balaban J connectivity index is 1.90. The molecule has 1 aliphatic rings. The molecule has 19 heavy (non-hydrogen) atoms. The SMILES string of the molecule is CC(Cc1ccccc1Cl)N1CCC(C(=O)O)CC1. The van der Waals surface area contributed by atoms with Crippen LogP contribution in [0.25, 0.3) is 0 Å². The second-order valence-corrected chi connectivity index (χ2v) is 5.70. The van der Waals surface area contributed by atoms with Gasteiger partial charge in [-0.25, -0.2) is 0 Å². The number of hydrogen-bond donors (Lipinski definition) is 1. The number of carboxylic acid groups (broad SMARTS) is 1. The van der Waals surface area contributed by atoms with Crippen molar-refractivity contribution in [1.82, 2.24) is 4.90 Å². The van der Waals surface area contributed by atoms with E-state index in [-0.39, 0.29) is 5.92 Å². The molecule has 0 bridgehead atoms. The Hall–Kier alpha value is -1.06. The number of carbonyl (C=O) groups is 1. The van der Waals surface area contributed by atoms with E-state index < -0.39 is 5.97 Å². The van der Waals surface area contributed by atoms with Crippen LogP contribution in [-0.2, 0) is 11.2 Å². The quantitative estimate of drug-likeness (QED) is 0.922. The Kier molecular flexibility index (Phi) is 4.83. The summed E-state index contributed by atoms with van der Waals surface area (Å²) in [5, 5.41) is 9.81. The first kappa shape index (κ1) is 14.4. The molecule has 1 unspecified atom stereocenters. The molecule has 0 amide bonds. The number of hydrogen-bond acceptors (Lipinski definition) is 2. The van der Waals surface area contributed by atoms with Gasteiger partial charge in [-0.05, 0) is 50.9 Å². The number of carboxylic acids is 1. The van der Waals surface area contributed by atoms with E-state index >= 15 is 0 Å². The van der Waals surface area contributed by atoms with Gasteiger partial charge in [-0.15, -0.1) is 0 Å². The smallest absolute Gasteiger partial charge is 0.306 e. The van der Waals surface area contributed by atoms with Crippen LogP contribution in [0.15, 0.2) is 24.3 Å². The van der Waals surface area contributed by atoms with Crippen molar-refractivity contribution in [2.45, 2.75) is 32.2 Å². The fourth-order valence-electron chi connectivity index (χ4n) is 2.70. The number of benzene rings is 1. The maximum atomic E-state index is 10.9. The molecule has 1 aromatic rings. The van der Waals surface area contributed by atoms with Crippen molar-refractivity contribution in [3.05, 3.63) is 34.9 Å². The first-order valence-corrected chi connectivity index (χ1v) is 7.16. The van der Waals surface area contributed by atoms with Crippen LogP contribution in [0, 0.1) is 5.92 Å². The zero-order valence-electron chi connectivity index (χ0n) is 11.2. The number of piperidine rings is 1. The van der Waals surface area contributed by atoms with Gasteiger partial charge in [0.05, 0.1) is 5.92 Å². The van der Waals surface area contributed by atoms with E-state index in [1.165, 1.54) is 0 Å². The first-order valence-electron chi connectivity index (χ1n) is 6.78. The normalized spacial score (nSPS) is 19.3. The van der Waals surface area contributed by atoms with Crippen molar-refractivity contribution >= 4 is 17.6 Å². The predicted octanol–water partition coefficient (Wildman–Crippen LogP) is 3.07. The van der Waals surface area contributed by atoms with Crippen molar-refractivity contribution in [2.75, 3.05) is 13.1 Å². The van der Waals surface area contributed by atoms with Gasteiger partial charge < -0.3 is 10.0 Å². The number of rotatable bonds is 4. The fraction of sp³-hybridized carbons (Fsp3) is 0.533. The van der Waals surface area contributed by atoms with Crippen LogP contribution in [0.2, 0.25) is 5.02 Å². The van der Waals surface area contributed by atoms with Crippen LogP contribution in [0.1, 0.15) is 25.3 Å². The Labute approximate surface area is 119 Å². The van der Waals surface area contributed by atoms with Gasteiger partial charge in [0.25, 0.3) is 0 Å². The molecular formula is C15H20ClNO2. The molecule has 0 saturated carbocycles. The molecule has 1 N–H and O–H groups in total. The van der Waals surface area contributed by atoms with Crippen molar-refractivity contribution < 1.29 is 9.90 Å². The lowest BCUT2D eigenvalue weighted by Gasteiger charge is -2.34. The van der Waals surface area contributed by atoms with Gasteiger partial charge in [-0.1, -0.05) is 29.8 Å². The summed E-state index contributed by atoms with van der Waals surface area (Å²) in [6.45, 7) is 3.91. The molecule has 1 saturated heterocycles. The summed E-state index contributed by atoms with van der Waals surface area (Å²) < 4.78 is 0. The number of likely N-dealkylation sites (tertiary alicyclic amines) is 1. The molecule has 104 valence electrons. The van der Waals surface area contributed by atoms with Crippen molar-refractivity contribution in [3.8, 4) is 0 Å². The molecule has 1 atom stereocenters. The van der Waals surface area contributed by atoms with Gasteiger partial charge in [0.1, 0.15) is 0 Å². The molecule has 1 aliphatic heterocycles. The Bertz CT molecular complexity index is 442. The third-order valence-corrected chi connectivity index (χ3v) is 4.34. The second-order valence-electron chi connectivity index (χ2n) is 5.29. The van der Waals surface area contributed by atoms with Gasteiger partial charge in [0.15, 0.2) is 0 Å². The van der Waals surface area contributed by atoms with E-state index in [4.69, 9.17) is 16.7 Å². The average molecular weight is 282 g/mol. The Morgan fingerprint density at radius 1 is 1.42 bits per heavy atom. The topological polar surface area (TPSA) is 40.5 Å². The summed E-state index contributed by atoms with van der Waals surface area (Å²) >= 11 is 6.18. The minimum absolute atomic E-state index is 0.163. The van der Waals surface area contributed by atoms with Gasteiger partial charge in [-0.3, -0.25) is 4.79 Å². The van der Waals surface area contributed by atoms with Gasteiger partial charge in [0.2, 0.25) is 0 Å². The molecule has 0 spiro atoms. The largest absolute Gasteiger partial charge is 0.481 e. The summed E-state index contributed by atoms with van der Waals surface area (Å²) in [5.74, 6) is -0.817. The molecule has 2 rings (SSSR count). The van der Waals surface area contributed by atoms with Gasteiger partial charge in [-0.2, -0.15) is 0 Å². The molecule has 1 fully saturated rings. The number of nitrogens with zero attached hydrogens (tertiary/aromatic N) is 1. The van der Waals surface area contributed by atoms with E-state index in [1.807, 2.05) is 18.2 Å². The maximum absolute atomic E-state index is 10.9. The van der Waals surface area contributed by atoms with Crippen LogP contribution in [0.5, 0.6) is 0 Å². The summed E-state index contributed by atoms with van der Waals surface area (Å²) in [4.78, 5) is 13.3. The molecule has 1 aromatic carbocycles. The molecule has 3 nitrogen and oxygen atoms in total. The molecule has 0 aliphatic carbocycles.